The maximum Gasteiger partial charge on any atom is 0.0762 e. The summed E-state index contributed by atoms with van der Waals surface area (Å²) in [5.41, 5.74) is 2.89. The number of rotatable bonds is 4. The first-order chi connectivity index (χ1) is 9.08. The molecule has 0 aliphatic rings. The third-order valence-electron chi connectivity index (χ3n) is 3.01. The zero-order valence-electron chi connectivity index (χ0n) is 11.0. The number of halogens is 1. The van der Waals surface area contributed by atoms with Crippen molar-refractivity contribution in [3.63, 3.8) is 0 Å². The Bertz CT molecular complexity index is 543. The van der Waals surface area contributed by atoms with Gasteiger partial charge in [-0.1, -0.05) is 23.7 Å². The maximum atomic E-state index is 9.53. The van der Waals surface area contributed by atoms with Crippen molar-refractivity contribution < 1.29 is 5.11 Å². The standard InChI is InChI=1S/C15H17ClN2O/c1-11(19)13-5-6-15(14(16)8-13)18(2)10-12-4-3-7-17-9-12/h3-9,11,19H,10H2,1-2H3/t11-/m0/s1. The minimum absolute atomic E-state index is 0.504. The van der Waals surface area contributed by atoms with Crippen molar-refractivity contribution in [1.82, 2.24) is 4.98 Å². The number of aromatic nitrogens is 1. The van der Waals surface area contributed by atoms with Crippen LogP contribution in [0.5, 0.6) is 0 Å². The average molecular weight is 277 g/mol. The quantitative estimate of drug-likeness (QED) is 0.929. The van der Waals surface area contributed by atoms with E-state index >= 15 is 0 Å². The second kappa shape index (κ2) is 6.04. The van der Waals surface area contributed by atoms with Crippen LogP contribution in [0.1, 0.15) is 24.2 Å². The lowest BCUT2D eigenvalue weighted by atomic mass is 10.1. The van der Waals surface area contributed by atoms with Crippen molar-refractivity contribution in [2.24, 2.45) is 0 Å². The van der Waals surface area contributed by atoms with Crippen LogP contribution in [0.4, 0.5) is 5.69 Å². The molecule has 0 bridgehead atoms. The largest absolute Gasteiger partial charge is 0.389 e. The molecule has 0 saturated carbocycles. The lowest BCUT2D eigenvalue weighted by molar-refractivity contribution is 0.199. The zero-order valence-corrected chi connectivity index (χ0v) is 11.8. The molecule has 2 rings (SSSR count). The molecule has 0 aliphatic heterocycles. The monoisotopic (exact) mass is 276 g/mol. The van der Waals surface area contributed by atoms with Gasteiger partial charge in [0.1, 0.15) is 0 Å². The third kappa shape index (κ3) is 3.46. The van der Waals surface area contributed by atoms with Crippen molar-refractivity contribution in [3.8, 4) is 0 Å². The van der Waals surface area contributed by atoms with Crippen molar-refractivity contribution in [2.75, 3.05) is 11.9 Å². The number of hydrogen-bond acceptors (Lipinski definition) is 3. The Morgan fingerprint density at radius 1 is 1.37 bits per heavy atom. The fourth-order valence-electron chi connectivity index (χ4n) is 1.94. The van der Waals surface area contributed by atoms with Crippen LogP contribution in [-0.4, -0.2) is 17.1 Å². The van der Waals surface area contributed by atoms with Gasteiger partial charge in [-0.3, -0.25) is 4.98 Å². The van der Waals surface area contributed by atoms with E-state index in [-0.39, 0.29) is 0 Å². The van der Waals surface area contributed by atoms with E-state index < -0.39 is 6.10 Å². The van der Waals surface area contributed by atoms with Gasteiger partial charge in [-0.15, -0.1) is 0 Å². The Morgan fingerprint density at radius 3 is 2.74 bits per heavy atom. The van der Waals surface area contributed by atoms with Crippen LogP contribution in [-0.2, 0) is 6.54 Å². The highest BCUT2D eigenvalue weighted by Crippen LogP contribution is 2.29. The molecule has 4 heteroatoms. The molecule has 1 aromatic heterocycles. The molecule has 0 unspecified atom stereocenters. The summed E-state index contributed by atoms with van der Waals surface area (Å²) in [6.07, 6.45) is 3.10. The molecular weight excluding hydrogens is 260 g/mol. The van der Waals surface area contributed by atoms with Gasteiger partial charge in [-0.2, -0.15) is 0 Å². The molecular formula is C15H17ClN2O. The lowest BCUT2D eigenvalue weighted by Gasteiger charge is -2.21. The summed E-state index contributed by atoms with van der Waals surface area (Å²) < 4.78 is 0. The molecule has 0 aliphatic carbocycles. The Balaban J connectivity index is 2.17. The molecule has 19 heavy (non-hydrogen) atoms. The van der Waals surface area contributed by atoms with Gasteiger partial charge in [-0.05, 0) is 36.2 Å². The Kier molecular flexibility index (Phi) is 4.40. The van der Waals surface area contributed by atoms with Crippen LogP contribution in [0.3, 0.4) is 0 Å². The SMILES string of the molecule is C[C@H](O)c1ccc(N(C)Cc2cccnc2)c(Cl)c1. The van der Waals surface area contributed by atoms with E-state index in [0.717, 1.165) is 23.4 Å². The Morgan fingerprint density at radius 2 is 2.16 bits per heavy atom. The van der Waals surface area contributed by atoms with Gasteiger partial charge >= 0.3 is 0 Å². The fraction of sp³-hybridized carbons (Fsp3) is 0.267. The Labute approximate surface area is 118 Å². The van der Waals surface area contributed by atoms with E-state index in [2.05, 4.69) is 9.88 Å². The number of nitrogens with zero attached hydrogens (tertiary/aromatic N) is 2. The fourth-order valence-corrected chi connectivity index (χ4v) is 2.28. The van der Waals surface area contributed by atoms with E-state index in [0.29, 0.717) is 5.02 Å². The molecule has 1 atom stereocenters. The number of hydrogen-bond donors (Lipinski definition) is 1. The first-order valence-corrected chi connectivity index (χ1v) is 6.53. The predicted octanol–water partition coefficient (Wildman–Crippen LogP) is 3.42. The minimum atomic E-state index is -0.504. The average Bonchev–Trinajstić information content (AvgIpc) is 2.39. The van der Waals surface area contributed by atoms with Crippen molar-refractivity contribution in [1.29, 1.82) is 0 Å². The van der Waals surface area contributed by atoms with Gasteiger partial charge in [0.15, 0.2) is 0 Å². The topological polar surface area (TPSA) is 36.4 Å². The molecule has 1 aromatic carbocycles. The number of benzene rings is 1. The van der Waals surface area contributed by atoms with Gasteiger partial charge in [0.05, 0.1) is 16.8 Å². The molecule has 1 N–H and O–H groups in total. The number of aliphatic hydroxyl groups is 1. The number of aliphatic hydroxyl groups excluding tert-OH is 1. The van der Waals surface area contributed by atoms with Gasteiger partial charge in [-0.25, -0.2) is 0 Å². The molecule has 1 heterocycles. The molecule has 3 nitrogen and oxygen atoms in total. The summed E-state index contributed by atoms with van der Waals surface area (Å²) in [5, 5.41) is 10.2. The summed E-state index contributed by atoms with van der Waals surface area (Å²) in [5.74, 6) is 0. The van der Waals surface area contributed by atoms with Crippen molar-refractivity contribution in [3.05, 3.63) is 58.9 Å². The molecule has 0 saturated heterocycles. The smallest absolute Gasteiger partial charge is 0.0762 e. The van der Waals surface area contributed by atoms with E-state index in [1.165, 1.54) is 0 Å². The summed E-state index contributed by atoms with van der Waals surface area (Å²) >= 11 is 6.27. The van der Waals surface area contributed by atoms with Crippen LogP contribution >= 0.6 is 11.6 Å². The molecule has 0 fully saturated rings. The van der Waals surface area contributed by atoms with Crippen molar-refractivity contribution in [2.45, 2.75) is 19.6 Å². The van der Waals surface area contributed by atoms with Gasteiger partial charge in [0.2, 0.25) is 0 Å². The highest BCUT2D eigenvalue weighted by atomic mass is 35.5. The summed E-state index contributed by atoms with van der Waals surface area (Å²) in [6.45, 7) is 2.46. The molecule has 2 aromatic rings. The predicted molar refractivity (Wildman–Crippen MR) is 78.4 cm³/mol. The van der Waals surface area contributed by atoms with Crippen LogP contribution in [0.2, 0.25) is 5.02 Å². The molecule has 0 amide bonds. The van der Waals surface area contributed by atoms with Crippen LogP contribution in [0, 0.1) is 0 Å². The van der Waals surface area contributed by atoms with E-state index in [9.17, 15) is 5.11 Å². The first kappa shape index (κ1) is 13.8. The summed E-state index contributed by atoms with van der Waals surface area (Å²) in [6, 6.07) is 9.58. The van der Waals surface area contributed by atoms with Crippen LogP contribution in [0.25, 0.3) is 0 Å². The van der Waals surface area contributed by atoms with E-state index in [4.69, 9.17) is 11.6 Å². The van der Waals surface area contributed by atoms with Gasteiger partial charge < -0.3 is 10.0 Å². The first-order valence-electron chi connectivity index (χ1n) is 6.15. The minimum Gasteiger partial charge on any atom is -0.389 e. The zero-order chi connectivity index (χ0) is 13.8. The van der Waals surface area contributed by atoms with Crippen molar-refractivity contribution >= 4 is 17.3 Å². The number of anilines is 1. The second-order valence-electron chi connectivity index (χ2n) is 4.60. The van der Waals surface area contributed by atoms with Gasteiger partial charge in [0, 0.05) is 26.0 Å². The van der Waals surface area contributed by atoms with Gasteiger partial charge in [0.25, 0.3) is 0 Å². The highest BCUT2D eigenvalue weighted by Gasteiger charge is 2.09. The molecule has 100 valence electrons. The highest BCUT2D eigenvalue weighted by molar-refractivity contribution is 6.33. The third-order valence-corrected chi connectivity index (χ3v) is 3.31. The molecule has 0 radical (unpaired) electrons. The van der Waals surface area contributed by atoms with Crippen LogP contribution < -0.4 is 4.90 Å². The molecule has 0 spiro atoms. The van der Waals surface area contributed by atoms with Crippen LogP contribution in [0.15, 0.2) is 42.7 Å². The van der Waals surface area contributed by atoms with E-state index in [1.807, 2.05) is 37.5 Å². The number of pyridine rings is 1. The van der Waals surface area contributed by atoms with E-state index in [1.54, 1.807) is 19.2 Å². The maximum absolute atomic E-state index is 9.53. The summed E-state index contributed by atoms with van der Waals surface area (Å²) in [7, 11) is 1.98. The summed E-state index contributed by atoms with van der Waals surface area (Å²) in [4.78, 5) is 6.16. The normalized spacial score (nSPS) is 12.2. The lowest BCUT2D eigenvalue weighted by Crippen LogP contribution is -2.17. The Hall–Kier alpha value is -1.58. The second-order valence-corrected chi connectivity index (χ2v) is 5.01.